The number of unbranched alkanes of at least 4 members (excludes halogenated alkanes) is 3. The van der Waals surface area contributed by atoms with Crippen LogP contribution in [0.5, 0.6) is 0 Å². The maximum atomic E-state index is 13.7. The van der Waals surface area contributed by atoms with Gasteiger partial charge >= 0.3 is 0 Å². The van der Waals surface area contributed by atoms with Crippen LogP contribution in [0.25, 0.3) is 0 Å². The number of sulfone groups is 1. The lowest BCUT2D eigenvalue weighted by Gasteiger charge is -2.38. The van der Waals surface area contributed by atoms with Crippen LogP contribution in [0.3, 0.4) is 0 Å². The Bertz CT molecular complexity index is 1060. The zero-order valence-corrected chi connectivity index (χ0v) is 24.4. The molecule has 37 heavy (non-hydrogen) atoms. The molecule has 0 amide bonds. The highest BCUT2D eigenvalue weighted by Crippen LogP contribution is 2.53. The number of rotatable bonds is 15. The molecule has 1 heterocycles. The summed E-state index contributed by atoms with van der Waals surface area (Å²) in [7, 11) is -3.44. The van der Waals surface area contributed by atoms with Crippen LogP contribution < -0.4 is 0 Å². The number of benzene rings is 2. The van der Waals surface area contributed by atoms with Gasteiger partial charge in [-0.05, 0) is 88.1 Å². The molecule has 2 atom stereocenters. The summed E-state index contributed by atoms with van der Waals surface area (Å²) in [5.41, 5.74) is 0.664. The van der Waals surface area contributed by atoms with E-state index in [-0.39, 0.29) is 6.29 Å². The first-order valence-electron chi connectivity index (χ1n) is 13.7. The lowest BCUT2D eigenvalue weighted by molar-refractivity contribution is -0.224. The van der Waals surface area contributed by atoms with Gasteiger partial charge in [-0.3, -0.25) is 0 Å². The van der Waals surface area contributed by atoms with Gasteiger partial charge in [0.2, 0.25) is 0 Å². The molecule has 1 saturated heterocycles. The number of halogens is 1. The van der Waals surface area contributed by atoms with Crippen LogP contribution in [0.2, 0.25) is 0 Å². The standard InChI is InChI=1S/C30H41BrO5S/c1-29(36-28-13-7-10-22-35-28,18-8-2-3-9-21-34-23-25-11-5-4-6-12-25)24-30(19-20-30)37(32,33)27-16-14-26(31)15-17-27/h4-6,11-12,14-17,28H,2-3,7-10,13,18-24H2,1H3. The van der Waals surface area contributed by atoms with Crippen LogP contribution in [-0.2, 0) is 30.7 Å². The maximum absolute atomic E-state index is 13.7. The molecular formula is C30H41BrO5S. The van der Waals surface area contributed by atoms with E-state index in [4.69, 9.17) is 14.2 Å². The highest BCUT2D eigenvalue weighted by Gasteiger charge is 2.58. The third-order valence-corrected chi connectivity index (χ3v) is 10.7. The first kappa shape index (κ1) is 28.8. The first-order chi connectivity index (χ1) is 17.8. The molecule has 204 valence electrons. The van der Waals surface area contributed by atoms with Crippen LogP contribution in [0.15, 0.2) is 64.0 Å². The quantitative estimate of drug-likeness (QED) is 0.199. The molecule has 2 unspecified atom stereocenters. The molecule has 1 saturated carbocycles. The van der Waals surface area contributed by atoms with E-state index in [2.05, 4.69) is 35.0 Å². The Kier molecular flexibility index (Phi) is 10.3. The van der Waals surface area contributed by atoms with Crippen LogP contribution >= 0.6 is 15.9 Å². The molecule has 0 radical (unpaired) electrons. The predicted octanol–water partition coefficient (Wildman–Crippen LogP) is 7.61. The van der Waals surface area contributed by atoms with Gasteiger partial charge in [-0.2, -0.15) is 0 Å². The van der Waals surface area contributed by atoms with Gasteiger partial charge < -0.3 is 14.2 Å². The lowest BCUT2D eigenvalue weighted by atomic mass is 9.91. The summed E-state index contributed by atoms with van der Waals surface area (Å²) in [5, 5.41) is 0. The Hall–Kier alpha value is -1.25. The van der Waals surface area contributed by atoms with E-state index in [0.29, 0.717) is 37.4 Å². The summed E-state index contributed by atoms with van der Waals surface area (Å²) in [6.07, 6.45) is 9.69. The van der Waals surface area contributed by atoms with Crippen molar-refractivity contribution in [3.63, 3.8) is 0 Å². The summed E-state index contributed by atoms with van der Waals surface area (Å²) in [5.74, 6) is 0. The van der Waals surface area contributed by atoms with Crippen molar-refractivity contribution in [2.45, 2.75) is 106 Å². The maximum Gasteiger partial charge on any atom is 0.184 e. The molecule has 4 rings (SSSR count). The van der Waals surface area contributed by atoms with Crippen molar-refractivity contribution in [1.29, 1.82) is 0 Å². The SMILES string of the molecule is CC(CCCCCCOCc1ccccc1)(CC1(S(=O)(=O)c2ccc(Br)cc2)CC1)OC1CCCCO1. The van der Waals surface area contributed by atoms with Gasteiger partial charge in [0.25, 0.3) is 0 Å². The Morgan fingerprint density at radius 3 is 2.41 bits per heavy atom. The highest BCUT2D eigenvalue weighted by molar-refractivity contribution is 9.10. The molecule has 2 aromatic carbocycles. The van der Waals surface area contributed by atoms with Gasteiger partial charge in [-0.25, -0.2) is 8.42 Å². The van der Waals surface area contributed by atoms with E-state index >= 15 is 0 Å². The molecule has 1 aliphatic heterocycles. The summed E-state index contributed by atoms with van der Waals surface area (Å²) in [6.45, 7) is 4.23. The number of hydrogen-bond acceptors (Lipinski definition) is 5. The molecule has 2 fully saturated rings. The third kappa shape index (κ3) is 8.12. The molecule has 2 aromatic rings. The van der Waals surface area contributed by atoms with Gasteiger partial charge in [0.1, 0.15) is 0 Å². The van der Waals surface area contributed by atoms with Crippen molar-refractivity contribution in [3.8, 4) is 0 Å². The second kappa shape index (κ2) is 13.2. The van der Waals surface area contributed by atoms with E-state index in [1.807, 2.05) is 18.2 Å². The average Bonchev–Trinajstić information content (AvgIpc) is 3.68. The second-order valence-electron chi connectivity index (χ2n) is 10.9. The Morgan fingerprint density at radius 2 is 1.73 bits per heavy atom. The largest absolute Gasteiger partial charge is 0.377 e. The fourth-order valence-electron chi connectivity index (χ4n) is 5.36. The summed E-state index contributed by atoms with van der Waals surface area (Å²) < 4.78 is 45.8. The van der Waals surface area contributed by atoms with Crippen LogP contribution in [0.4, 0.5) is 0 Å². The Morgan fingerprint density at radius 1 is 1.00 bits per heavy atom. The van der Waals surface area contributed by atoms with Gasteiger partial charge in [-0.1, -0.05) is 65.5 Å². The lowest BCUT2D eigenvalue weighted by Crippen LogP contribution is -2.42. The predicted molar refractivity (Wildman–Crippen MR) is 150 cm³/mol. The molecule has 2 aliphatic rings. The fraction of sp³-hybridized carbons (Fsp3) is 0.600. The minimum atomic E-state index is -3.44. The summed E-state index contributed by atoms with van der Waals surface area (Å²) in [6, 6.07) is 17.3. The van der Waals surface area contributed by atoms with Gasteiger partial charge in [0.15, 0.2) is 16.1 Å². The van der Waals surface area contributed by atoms with Crippen LogP contribution in [0, 0.1) is 0 Å². The van der Waals surface area contributed by atoms with E-state index in [9.17, 15) is 8.42 Å². The highest BCUT2D eigenvalue weighted by atomic mass is 79.9. The molecule has 0 aromatic heterocycles. The first-order valence-corrected chi connectivity index (χ1v) is 16.0. The minimum Gasteiger partial charge on any atom is -0.377 e. The van der Waals surface area contributed by atoms with E-state index in [1.165, 1.54) is 5.56 Å². The molecule has 0 spiro atoms. The topological polar surface area (TPSA) is 61.8 Å². The molecular weight excluding hydrogens is 552 g/mol. The molecule has 7 heteroatoms. The summed E-state index contributed by atoms with van der Waals surface area (Å²) in [4.78, 5) is 0.403. The molecule has 0 bridgehead atoms. The number of ether oxygens (including phenoxy) is 3. The van der Waals surface area contributed by atoms with E-state index in [0.717, 1.165) is 62.4 Å². The van der Waals surface area contributed by atoms with Crippen molar-refractivity contribution >= 4 is 25.8 Å². The fourth-order valence-corrected chi connectivity index (χ4v) is 7.75. The monoisotopic (exact) mass is 592 g/mol. The Balaban J connectivity index is 1.30. The number of hydrogen-bond donors (Lipinski definition) is 0. The smallest absolute Gasteiger partial charge is 0.184 e. The van der Waals surface area contributed by atoms with Crippen molar-refractivity contribution in [3.05, 3.63) is 64.6 Å². The average molecular weight is 594 g/mol. The van der Waals surface area contributed by atoms with Crippen molar-refractivity contribution in [2.24, 2.45) is 0 Å². The van der Waals surface area contributed by atoms with Gasteiger partial charge in [0, 0.05) is 17.7 Å². The minimum absolute atomic E-state index is 0.240. The molecule has 5 nitrogen and oxygen atoms in total. The normalized spacial score (nSPS) is 20.9. The van der Waals surface area contributed by atoms with Crippen molar-refractivity contribution in [2.75, 3.05) is 13.2 Å². The Labute approximate surface area is 231 Å². The van der Waals surface area contributed by atoms with Crippen molar-refractivity contribution < 1.29 is 22.6 Å². The second-order valence-corrected chi connectivity index (χ2v) is 14.1. The zero-order chi connectivity index (χ0) is 26.2. The van der Waals surface area contributed by atoms with Crippen LogP contribution in [-0.4, -0.2) is 38.3 Å². The zero-order valence-electron chi connectivity index (χ0n) is 22.0. The summed E-state index contributed by atoms with van der Waals surface area (Å²) >= 11 is 3.41. The van der Waals surface area contributed by atoms with E-state index in [1.54, 1.807) is 24.3 Å². The van der Waals surface area contributed by atoms with Gasteiger partial charge in [-0.15, -0.1) is 0 Å². The van der Waals surface area contributed by atoms with Crippen LogP contribution in [0.1, 0.15) is 83.1 Å². The molecule has 1 aliphatic carbocycles. The van der Waals surface area contributed by atoms with Crippen molar-refractivity contribution in [1.82, 2.24) is 0 Å². The van der Waals surface area contributed by atoms with E-state index < -0.39 is 20.2 Å². The van der Waals surface area contributed by atoms with Gasteiger partial charge in [0.05, 0.1) is 21.9 Å². The third-order valence-electron chi connectivity index (χ3n) is 7.61. The molecule has 0 N–H and O–H groups in total.